The Balaban J connectivity index is 2.25. The number of nitriles is 1. The van der Waals surface area contributed by atoms with Crippen molar-refractivity contribution in [1.29, 1.82) is 5.26 Å². The molecule has 0 unspecified atom stereocenters. The lowest BCUT2D eigenvalue weighted by molar-refractivity contribution is -0.117. The van der Waals surface area contributed by atoms with Gasteiger partial charge in [0, 0.05) is 4.88 Å². The summed E-state index contributed by atoms with van der Waals surface area (Å²) >= 11 is 1.46. The zero-order chi connectivity index (χ0) is 15.4. The number of carbonyl (C=O) groups is 1. The molecule has 1 aromatic carbocycles. The molecular weight excluding hydrogens is 280 g/mol. The lowest BCUT2D eigenvalue weighted by atomic mass is 9.96. The predicted molar refractivity (Wildman–Crippen MR) is 86.6 cm³/mol. The van der Waals surface area contributed by atoms with Crippen LogP contribution in [0.2, 0.25) is 0 Å². The average Bonchev–Trinajstić information content (AvgIpc) is 2.75. The Morgan fingerprint density at radius 2 is 2.00 bits per heavy atom. The van der Waals surface area contributed by atoms with Gasteiger partial charge in [-0.2, -0.15) is 5.26 Å². The Morgan fingerprint density at radius 3 is 2.57 bits per heavy atom. The third-order valence-electron chi connectivity index (χ3n) is 3.66. The highest BCUT2D eigenvalue weighted by atomic mass is 32.1. The van der Waals surface area contributed by atoms with Gasteiger partial charge in [0.15, 0.2) is 0 Å². The van der Waals surface area contributed by atoms with E-state index in [0.717, 1.165) is 22.4 Å². The van der Waals surface area contributed by atoms with Crippen LogP contribution in [0.15, 0.2) is 30.3 Å². The number of nitrogens with one attached hydrogen (secondary N) is 1. The number of carbonyl (C=O) groups excluding carboxylic acids is 1. The normalized spacial score (nSPS) is 11.7. The minimum absolute atomic E-state index is 0.0542. The van der Waals surface area contributed by atoms with Gasteiger partial charge in [-0.1, -0.05) is 37.3 Å². The SMILES string of the molecule is CC[C@@H](C(=O)Nc1sc(C)c(C)c1C#N)c1ccccc1. The Morgan fingerprint density at radius 1 is 1.33 bits per heavy atom. The molecule has 0 aliphatic heterocycles. The zero-order valence-corrected chi connectivity index (χ0v) is 13.3. The van der Waals surface area contributed by atoms with Crippen molar-refractivity contribution in [3.05, 3.63) is 51.9 Å². The molecule has 21 heavy (non-hydrogen) atoms. The summed E-state index contributed by atoms with van der Waals surface area (Å²) in [6.07, 6.45) is 0.723. The summed E-state index contributed by atoms with van der Waals surface area (Å²) in [6.45, 7) is 5.87. The molecular formula is C17H18N2OS. The van der Waals surface area contributed by atoms with Gasteiger partial charge in [-0.15, -0.1) is 11.3 Å². The van der Waals surface area contributed by atoms with Gasteiger partial charge in [0.05, 0.1) is 11.5 Å². The number of benzene rings is 1. The smallest absolute Gasteiger partial charge is 0.232 e. The van der Waals surface area contributed by atoms with Crippen LogP contribution in [-0.4, -0.2) is 5.91 Å². The van der Waals surface area contributed by atoms with Gasteiger partial charge in [-0.3, -0.25) is 4.79 Å². The summed E-state index contributed by atoms with van der Waals surface area (Å²) in [5.41, 5.74) is 2.53. The minimum Gasteiger partial charge on any atom is -0.316 e. The van der Waals surface area contributed by atoms with Crippen LogP contribution in [0, 0.1) is 25.2 Å². The molecule has 4 heteroatoms. The number of aryl methyl sites for hydroxylation is 1. The van der Waals surface area contributed by atoms with E-state index in [1.807, 2.05) is 51.1 Å². The fourth-order valence-electron chi connectivity index (χ4n) is 2.31. The molecule has 1 aromatic heterocycles. The number of hydrogen-bond acceptors (Lipinski definition) is 3. The van der Waals surface area contributed by atoms with Crippen molar-refractivity contribution < 1.29 is 4.79 Å². The molecule has 1 amide bonds. The van der Waals surface area contributed by atoms with E-state index < -0.39 is 0 Å². The Kier molecular flexibility index (Phi) is 4.77. The van der Waals surface area contributed by atoms with E-state index in [0.29, 0.717) is 10.6 Å². The maximum Gasteiger partial charge on any atom is 0.232 e. The first-order valence-electron chi connectivity index (χ1n) is 6.94. The third kappa shape index (κ3) is 3.14. The molecule has 1 N–H and O–H groups in total. The summed E-state index contributed by atoms with van der Waals surface area (Å²) in [5.74, 6) is -0.248. The molecule has 3 nitrogen and oxygen atoms in total. The topological polar surface area (TPSA) is 52.9 Å². The van der Waals surface area contributed by atoms with Crippen LogP contribution in [0.5, 0.6) is 0 Å². The van der Waals surface area contributed by atoms with Gasteiger partial charge in [0.2, 0.25) is 5.91 Å². The van der Waals surface area contributed by atoms with E-state index in [1.54, 1.807) is 0 Å². The lowest BCUT2D eigenvalue weighted by Crippen LogP contribution is -2.20. The molecule has 0 spiro atoms. The van der Waals surface area contributed by atoms with Crippen molar-refractivity contribution in [3.8, 4) is 6.07 Å². The number of rotatable bonds is 4. The van der Waals surface area contributed by atoms with Crippen molar-refractivity contribution in [2.45, 2.75) is 33.1 Å². The number of hydrogen-bond donors (Lipinski definition) is 1. The predicted octanol–water partition coefficient (Wildman–Crippen LogP) is 4.37. The third-order valence-corrected chi connectivity index (χ3v) is 4.78. The standard InChI is InChI=1S/C17H18N2OS/c1-4-14(13-8-6-5-7-9-13)16(20)19-17-15(10-18)11(2)12(3)21-17/h5-9,14H,4H2,1-3H3,(H,19,20)/t14-/m1/s1. The first-order chi connectivity index (χ1) is 10.1. The average molecular weight is 298 g/mol. The highest BCUT2D eigenvalue weighted by molar-refractivity contribution is 7.16. The molecule has 0 aliphatic rings. The van der Waals surface area contributed by atoms with Crippen LogP contribution in [0.4, 0.5) is 5.00 Å². The van der Waals surface area contributed by atoms with Crippen molar-refractivity contribution >= 4 is 22.2 Å². The van der Waals surface area contributed by atoms with Crippen molar-refractivity contribution in [2.75, 3.05) is 5.32 Å². The largest absolute Gasteiger partial charge is 0.316 e. The summed E-state index contributed by atoms with van der Waals surface area (Å²) in [6, 6.07) is 11.9. The second-order valence-corrected chi connectivity index (χ2v) is 6.18. The van der Waals surface area contributed by atoms with E-state index in [9.17, 15) is 10.1 Å². The summed E-state index contributed by atoms with van der Waals surface area (Å²) in [7, 11) is 0. The molecule has 0 aliphatic carbocycles. The lowest BCUT2D eigenvalue weighted by Gasteiger charge is -2.14. The van der Waals surface area contributed by atoms with Gasteiger partial charge in [-0.05, 0) is 31.4 Å². The molecule has 0 saturated heterocycles. The molecule has 1 atom stereocenters. The molecule has 0 radical (unpaired) electrons. The first-order valence-corrected chi connectivity index (χ1v) is 7.76. The number of amides is 1. The maximum atomic E-state index is 12.5. The van der Waals surface area contributed by atoms with E-state index >= 15 is 0 Å². The van der Waals surface area contributed by atoms with E-state index in [1.165, 1.54) is 11.3 Å². The Labute approximate surface area is 129 Å². The van der Waals surface area contributed by atoms with Crippen molar-refractivity contribution in [3.63, 3.8) is 0 Å². The highest BCUT2D eigenvalue weighted by Gasteiger charge is 2.21. The Bertz CT molecular complexity index is 683. The number of nitrogens with zero attached hydrogens (tertiary/aromatic N) is 1. The zero-order valence-electron chi connectivity index (χ0n) is 12.4. The quantitative estimate of drug-likeness (QED) is 0.911. The molecule has 2 rings (SSSR count). The van der Waals surface area contributed by atoms with E-state index in [2.05, 4.69) is 11.4 Å². The molecule has 0 bridgehead atoms. The fraction of sp³-hybridized carbons (Fsp3) is 0.294. The van der Waals surface area contributed by atoms with Gasteiger partial charge < -0.3 is 5.32 Å². The molecule has 2 aromatic rings. The first kappa shape index (κ1) is 15.3. The monoisotopic (exact) mass is 298 g/mol. The molecule has 108 valence electrons. The van der Waals surface area contributed by atoms with Crippen LogP contribution >= 0.6 is 11.3 Å². The van der Waals surface area contributed by atoms with Crippen molar-refractivity contribution in [2.24, 2.45) is 0 Å². The van der Waals surface area contributed by atoms with Crippen molar-refractivity contribution in [1.82, 2.24) is 0 Å². The summed E-state index contributed by atoms with van der Waals surface area (Å²) < 4.78 is 0. The summed E-state index contributed by atoms with van der Waals surface area (Å²) in [4.78, 5) is 13.6. The molecule has 0 saturated carbocycles. The second kappa shape index (κ2) is 6.55. The van der Waals surface area contributed by atoms with Crippen LogP contribution in [0.1, 0.15) is 40.8 Å². The van der Waals surface area contributed by atoms with Crippen LogP contribution in [0.25, 0.3) is 0 Å². The van der Waals surface area contributed by atoms with Gasteiger partial charge in [0.25, 0.3) is 0 Å². The van der Waals surface area contributed by atoms with Gasteiger partial charge >= 0.3 is 0 Å². The van der Waals surface area contributed by atoms with Crippen LogP contribution in [0.3, 0.4) is 0 Å². The fourth-order valence-corrected chi connectivity index (χ4v) is 3.32. The van der Waals surface area contributed by atoms with E-state index in [-0.39, 0.29) is 11.8 Å². The maximum absolute atomic E-state index is 12.5. The van der Waals surface area contributed by atoms with Gasteiger partial charge in [-0.25, -0.2) is 0 Å². The molecule has 0 fully saturated rings. The highest BCUT2D eigenvalue weighted by Crippen LogP contribution is 2.33. The minimum atomic E-state index is -0.194. The Hall–Kier alpha value is -2.12. The van der Waals surface area contributed by atoms with Crippen LogP contribution < -0.4 is 5.32 Å². The second-order valence-electron chi connectivity index (χ2n) is 4.96. The van der Waals surface area contributed by atoms with Crippen LogP contribution in [-0.2, 0) is 4.79 Å². The molecule has 1 heterocycles. The number of thiophene rings is 1. The van der Waals surface area contributed by atoms with Gasteiger partial charge in [0.1, 0.15) is 11.1 Å². The summed E-state index contributed by atoms with van der Waals surface area (Å²) in [5, 5.41) is 12.8. The number of anilines is 1. The van der Waals surface area contributed by atoms with E-state index in [4.69, 9.17) is 0 Å².